The van der Waals surface area contributed by atoms with Crippen molar-refractivity contribution >= 4 is 27.3 Å². The van der Waals surface area contributed by atoms with Gasteiger partial charge in [0.2, 0.25) is 5.91 Å². The number of amides is 1. The molecule has 0 atom stereocenters. The van der Waals surface area contributed by atoms with Gasteiger partial charge in [0, 0.05) is 12.6 Å². The smallest absolute Gasteiger partial charge is 0.417 e. The third kappa shape index (κ3) is 4.45. The van der Waals surface area contributed by atoms with Gasteiger partial charge in [-0.15, -0.1) is 0 Å². The molecule has 0 saturated carbocycles. The lowest BCUT2D eigenvalue weighted by Crippen LogP contribution is -2.19. The first-order chi connectivity index (χ1) is 12.0. The molecule has 6 nitrogen and oxygen atoms in total. The minimum Gasteiger partial charge on any atom is -0.495 e. The van der Waals surface area contributed by atoms with Gasteiger partial charge < -0.3 is 10.1 Å². The number of methoxy groups -OCH3 is 1. The van der Waals surface area contributed by atoms with Crippen molar-refractivity contribution in [3.8, 4) is 5.75 Å². The highest BCUT2D eigenvalue weighted by molar-refractivity contribution is 7.92. The molecule has 0 saturated heterocycles. The average Bonchev–Trinajstić information content (AvgIpc) is 2.53. The van der Waals surface area contributed by atoms with Crippen LogP contribution in [-0.4, -0.2) is 21.4 Å². The van der Waals surface area contributed by atoms with Crippen LogP contribution in [0.1, 0.15) is 12.5 Å². The maximum Gasteiger partial charge on any atom is 0.417 e. The molecule has 2 N–H and O–H groups in total. The zero-order chi connectivity index (χ0) is 19.5. The average molecular weight is 388 g/mol. The Morgan fingerprint density at radius 1 is 1.12 bits per heavy atom. The monoisotopic (exact) mass is 388 g/mol. The maximum atomic E-state index is 13.1. The highest BCUT2D eigenvalue weighted by Gasteiger charge is 2.37. The van der Waals surface area contributed by atoms with Crippen LogP contribution in [-0.2, 0) is 21.0 Å². The molecule has 140 valence electrons. The molecular weight excluding hydrogens is 373 g/mol. The molecule has 10 heteroatoms. The summed E-state index contributed by atoms with van der Waals surface area (Å²) >= 11 is 0. The van der Waals surface area contributed by atoms with Crippen molar-refractivity contribution in [3.63, 3.8) is 0 Å². The van der Waals surface area contributed by atoms with E-state index in [1.807, 2.05) is 0 Å². The summed E-state index contributed by atoms with van der Waals surface area (Å²) in [4.78, 5) is 10.2. The van der Waals surface area contributed by atoms with E-state index < -0.39 is 32.6 Å². The van der Waals surface area contributed by atoms with E-state index in [2.05, 4.69) is 10.0 Å². The Labute approximate surface area is 148 Å². The van der Waals surface area contributed by atoms with Crippen LogP contribution >= 0.6 is 0 Å². The van der Waals surface area contributed by atoms with Crippen LogP contribution in [0.3, 0.4) is 0 Å². The number of sulfonamides is 1. The summed E-state index contributed by atoms with van der Waals surface area (Å²) in [5.41, 5.74) is -1.15. The van der Waals surface area contributed by atoms with Gasteiger partial charge in [-0.25, -0.2) is 8.42 Å². The van der Waals surface area contributed by atoms with E-state index in [0.717, 1.165) is 12.1 Å². The predicted molar refractivity (Wildman–Crippen MR) is 89.6 cm³/mol. The molecule has 0 spiro atoms. The number of rotatable bonds is 5. The molecule has 0 heterocycles. The Hall–Kier alpha value is -2.75. The molecule has 0 aliphatic heterocycles. The number of alkyl halides is 3. The minimum atomic E-state index is -4.84. The van der Waals surface area contributed by atoms with Gasteiger partial charge in [0.25, 0.3) is 10.0 Å². The molecule has 2 aromatic rings. The second kappa shape index (κ2) is 7.24. The zero-order valence-electron chi connectivity index (χ0n) is 13.7. The van der Waals surface area contributed by atoms with Crippen LogP contribution < -0.4 is 14.8 Å². The second-order valence-electron chi connectivity index (χ2n) is 5.20. The van der Waals surface area contributed by atoms with E-state index in [1.165, 1.54) is 38.3 Å². The fourth-order valence-electron chi connectivity index (χ4n) is 2.20. The van der Waals surface area contributed by atoms with Crippen molar-refractivity contribution < 1.29 is 31.1 Å². The van der Waals surface area contributed by atoms with Gasteiger partial charge in [-0.2, -0.15) is 13.2 Å². The van der Waals surface area contributed by atoms with Crippen LogP contribution in [0.25, 0.3) is 0 Å². The fraction of sp³-hybridized carbons (Fsp3) is 0.188. The minimum absolute atomic E-state index is 0.0761. The van der Waals surface area contributed by atoms with Crippen LogP contribution in [0, 0.1) is 0 Å². The number of carbonyl (C=O) groups excluding carboxylic acids is 1. The summed E-state index contributed by atoms with van der Waals surface area (Å²) in [5, 5.41) is 2.45. The Kier molecular flexibility index (Phi) is 5.45. The molecule has 0 aliphatic carbocycles. The largest absolute Gasteiger partial charge is 0.495 e. The molecule has 0 unspecified atom stereocenters. The fourth-order valence-corrected chi connectivity index (χ4v) is 3.49. The van der Waals surface area contributed by atoms with Crippen molar-refractivity contribution in [2.45, 2.75) is 18.0 Å². The quantitative estimate of drug-likeness (QED) is 0.821. The first-order valence-corrected chi connectivity index (χ1v) is 8.67. The van der Waals surface area contributed by atoms with Crippen molar-refractivity contribution in [3.05, 3.63) is 48.0 Å². The standard InChI is InChI=1S/C16H15F3N2O4S/c1-10(22)20-11-7-8-14(25-2)13(9-11)21-26(23,24)15-6-4-3-5-12(15)16(17,18)19/h3-9,21H,1-2H3,(H,20,22). The van der Waals surface area contributed by atoms with Gasteiger partial charge in [0.05, 0.1) is 23.3 Å². The summed E-state index contributed by atoms with van der Waals surface area (Å²) < 4.78 is 71.5. The lowest BCUT2D eigenvalue weighted by atomic mass is 10.2. The lowest BCUT2D eigenvalue weighted by Gasteiger charge is -2.16. The van der Waals surface area contributed by atoms with Gasteiger partial charge in [0.1, 0.15) is 5.75 Å². The third-order valence-electron chi connectivity index (χ3n) is 3.25. The van der Waals surface area contributed by atoms with E-state index >= 15 is 0 Å². The van der Waals surface area contributed by atoms with Gasteiger partial charge in [0.15, 0.2) is 0 Å². The zero-order valence-corrected chi connectivity index (χ0v) is 14.5. The van der Waals surface area contributed by atoms with Crippen LogP contribution in [0.5, 0.6) is 5.75 Å². The number of ether oxygens (including phenoxy) is 1. The van der Waals surface area contributed by atoms with E-state index in [9.17, 15) is 26.4 Å². The molecule has 26 heavy (non-hydrogen) atoms. The second-order valence-corrected chi connectivity index (χ2v) is 6.85. The number of hydrogen-bond donors (Lipinski definition) is 2. The topological polar surface area (TPSA) is 84.5 Å². The van der Waals surface area contributed by atoms with E-state index in [4.69, 9.17) is 4.74 Å². The highest BCUT2D eigenvalue weighted by atomic mass is 32.2. The SMILES string of the molecule is COc1ccc(NC(C)=O)cc1NS(=O)(=O)c1ccccc1C(F)(F)F. The van der Waals surface area contributed by atoms with Gasteiger partial charge in [-0.05, 0) is 30.3 Å². The predicted octanol–water partition coefficient (Wildman–Crippen LogP) is 3.47. The number of hydrogen-bond acceptors (Lipinski definition) is 4. The van der Waals surface area contributed by atoms with Crippen molar-refractivity contribution in [2.75, 3.05) is 17.1 Å². The van der Waals surface area contributed by atoms with Crippen LogP contribution in [0.4, 0.5) is 24.5 Å². The summed E-state index contributed by atoms with van der Waals surface area (Å²) in [5.74, 6) is -0.321. The Morgan fingerprint density at radius 2 is 1.77 bits per heavy atom. The normalized spacial score (nSPS) is 11.7. The molecule has 2 aromatic carbocycles. The lowest BCUT2D eigenvalue weighted by molar-refractivity contribution is -0.139. The van der Waals surface area contributed by atoms with Gasteiger partial charge >= 0.3 is 6.18 Å². The van der Waals surface area contributed by atoms with Crippen molar-refractivity contribution in [2.24, 2.45) is 0 Å². The van der Waals surface area contributed by atoms with E-state index in [-0.39, 0.29) is 17.1 Å². The van der Waals surface area contributed by atoms with Crippen molar-refractivity contribution in [1.29, 1.82) is 0 Å². The third-order valence-corrected chi connectivity index (χ3v) is 4.67. The Bertz CT molecular complexity index is 927. The van der Waals surface area contributed by atoms with E-state index in [1.54, 1.807) is 0 Å². The molecule has 0 aromatic heterocycles. The number of benzene rings is 2. The summed E-state index contributed by atoms with van der Waals surface area (Å²) in [6.45, 7) is 1.26. The number of halogens is 3. The molecular formula is C16H15F3N2O4S. The Balaban J connectivity index is 2.49. The number of anilines is 2. The molecule has 0 fully saturated rings. The first kappa shape index (κ1) is 19.6. The molecule has 0 bridgehead atoms. The van der Waals surface area contributed by atoms with Gasteiger partial charge in [-0.3, -0.25) is 9.52 Å². The first-order valence-electron chi connectivity index (χ1n) is 7.19. The summed E-state index contributed by atoms with van der Waals surface area (Å²) in [6, 6.07) is 7.90. The van der Waals surface area contributed by atoms with E-state index in [0.29, 0.717) is 6.07 Å². The van der Waals surface area contributed by atoms with Crippen LogP contribution in [0.2, 0.25) is 0 Å². The summed E-state index contributed by atoms with van der Waals surface area (Å²) in [6.07, 6.45) is -4.84. The maximum absolute atomic E-state index is 13.1. The molecule has 2 rings (SSSR count). The Morgan fingerprint density at radius 3 is 2.35 bits per heavy atom. The van der Waals surface area contributed by atoms with Crippen molar-refractivity contribution in [1.82, 2.24) is 0 Å². The van der Waals surface area contributed by atoms with Crippen LogP contribution in [0.15, 0.2) is 47.4 Å². The molecule has 0 aliphatic rings. The molecule has 1 amide bonds. The van der Waals surface area contributed by atoms with Gasteiger partial charge in [-0.1, -0.05) is 12.1 Å². The summed E-state index contributed by atoms with van der Waals surface area (Å²) in [7, 11) is -3.29. The number of nitrogens with one attached hydrogen (secondary N) is 2. The number of carbonyl (C=O) groups is 1. The molecule has 0 radical (unpaired) electrons. The highest BCUT2D eigenvalue weighted by Crippen LogP contribution is 2.36.